The molecule has 190 valence electrons. The maximum Gasteiger partial charge on any atom is 0.242 e. The van der Waals surface area contributed by atoms with Crippen LogP contribution in [0.25, 0.3) is 0 Å². The van der Waals surface area contributed by atoms with Crippen LogP contribution < -0.4 is 10.1 Å². The number of likely N-dealkylation sites (tertiary alicyclic amines) is 1. The number of carbonyl (C=O) groups is 2. The zero-order valence-electron chi connectivity index (χ0n) is 21.1. The minimum atomic E-state index is -0.316. The molecule has 2 amide bonds. The summed E-state index contributed by atoms with van der Waals surface area (Å²) in [5.74, 6) is 3.36. The van der Waals surface area contributed by atoms with Crippen LogP contribution in [0.1, 0.15) is 69.8 Å². The van der Waals surface area contributed by atoms with Gasteiger partial charge in [0.25, 0.3) is 0 Å². The molecule has 35 heavy (non-hydrogen) atoms. The van der Waals surface area contributed by atoms with Gasteiger partial charge in [0.2, 0.25) is 11.8 Å². The number of amides is 2. The minimum absolute atomic E-state index is 0.0277. The maximum absolute atomic E-state index is 14.0. The van der Waals surface area contributed by atoms with Crippen molar-refractivity contribution in [1.29, 1.82) is 0 Å². The standard InChI is InChI=1S/C29H40N2O4/c1-34-24-6-4-23(5-7-24)28(8-11-35-12-9-28)19-30-26(32)25-3-2-10-31(25)27(33)29-16-20-13-21(17-29)15-22(14-20)18-29/h4-7,20-22,25H,2-3,8-19H2,1H3,(H,30,32). The summed E-state index contributed by atoms with van der Waals surface area (Å²) in [4.78, 5) is 29.5. The van der Waals surface area contributed by atoms with Crippen LogP contribution in [0.5, 0.6) is 5.75 Å². The second kappa shape index (κ2) is 9.10. The number of benzene rings is 1. The number of nitrogens with zero attached hydrogens (tertiary/aromatic N) is 1. The molecule has 0 radical (unpaired) electrons. The van der Waals surface area contributed by atoms with Crippen molar-refractivity contribution in [3.63, 3.8) is 0 Å². The van der Waals surface area contributed by atoms with E-state index < -0.39 is 0 Å². The topological polar surface area (TPSA) is 67.9 Å². The molecule has 1 aromatic rings. The van der Waals surface area contributed by atoms with Gasteiger partial charge in [-0.05, 0) is 99.7 Å². The highest BCUT2D eigenvalue weighted by molar-refractivity contribution is 5.91. The second-order valence-electron chi connectivity index (χ2n) is 12.2. The van der Waals surface area contributed by atoms with E-state index in [0.29, 0.717) is 25.7 Å². The molecule has 4 saturated carbocycles. The first-order valence-electron chi connectivity index (χ1n) is 13.8. The van der Waals surface area contributed by atoms with Crippen LogP contribution in [0, 0.1) is 23.2 Å². The van der Waals surface area contributed by atoms with Crippen molar-refractivity contribution < 1.29 is 19.1 Å². The summed E-state index contributed by atoms with van der Waals surface area (Å²) in [5.41, 5.74) is 0.894. The van der Waals surface area contributed by atoms with E-state index in [1.54, 1.807) is 7.11 Å². The summed E-state index contributed by atoms with van der Waals surface area (Å²) in [5, 5.41) is 3.30. The van der Waals surface area contributed by atoms with Crippen LogP contribution >= 0.6 is 0 Å². The molecule has 0 aromatic heterocycles. The molecule has 2 aliphatic heterocycles. The van der Waals surface area contributed by atoms with Crippen molar-refractivity contribution in [2.75, 3.05) is 33.4 Å². The van der Waals surface area contributed by atoms with Crippen LogP contribution in [0.4, 0.5) is 0 Å². The molecule has 6 nitrogen and oxygen atoms in total. The summed E-state index contributed by atoms with van der Waals surface area (Å²) in [6.07, 6.45) is 10.6. The first-order valence-corrected chi connectivity index (χ1v) is 13.8. The molecule has 0 spiro atoms. The number of hydrogen-bond donors (Lipinski definition) is 1. The van der Waals surface area contributed by atoms with Gasteiger partial charge in [-0.1, -0.05) is 12.1 Å². The zero-order valence-corrected chi connectivity index (χ0v) is 21.1. The highest BCUT2D eigenvalue weighted by atomic mass is 16.5. The lowest BCUT2D eigenvalue weighted by atomic mass is 9.49. The van der Waals surface area contributed by atoms with Crippen molar-refractivity contribution in [2.24, 2.45) is 23.2 Å². The molecule has 4 aliphatic carbocycles. The quantitative estimate of drug-likeness (QED) is 0.667. The molecular formula is C29H40N2O4. The van der Waals surface area contributed by atoms with E-state index in [4.69, 9.17) is 9.47 Å². The summed E-state index contributed by atoms with van der Waals surface area (Å²) in [6.45, 7) is 2.71. The molecule has 1 aromatic carbocycles. The number of methoxy groups -OCH3 is 1. The average molecular weight is 481 g/mol. The Labute approximate surface area is 209 Å². The largest absolute Gasteiger partial charge is 0.497 e. The Morgan fingerprint density at radius 3 is 2.26 bits per heavy atom. The highest BCUT2D eigenvalue weighted by Gasteiger charge is 2.56. The molecule has 6 aliphatic rings. The van der Waals surface area contributed by atoms with E-state index in [2.05, 4.69) is 17.4 Å². The fourth-order valence-corrected chi connectivity index (χ4v) is 8.61. The van der Waals surface area contributed by atoms with Crippen LogP contribution in [0.3, 0.4) is 0 Å². The number of nitrogens with one attached hydrogen (secondary N) is 1. The molecule has 7 rings (SSSR count). The predicted molar refractivity (Wildman–Crippen MR) is 133 cm³/mol. The van der Waals surface area contributed by atoms with E-state index in [0.717, 1.165) is 75.0 Å². The van der Waals surface area contributed by atoms with Crippen LogP contribution in [0.2, 0.25) is 0 Å². The Bertz CT molecular complexity index is 917. The first kappa shape index (κ1) is 23.3. The summed E-state index contributed by atoms with van der Waals surface area (Å²) >= 11 is 0. The molecule has 2 heterocycles. The zero-order chi connectivity index (χ0) is 24.0. The van der Waals surface area contributed by atoms with Gasteiger partial charge in [-0.15, -0.1) is 0 Å². The Balaban J connectivity index is 1.16. The van der Waals surface area contributed by atoms with E-state index >= 15 is 0 Å². The van der Waals surface area contributed by atoms with E-state index in [1.165, 1.54) is 24.8 Å². The van der Waals surface area contributed by atoms with Crippen LogP contribution in [0.15, 0.2) is 24.3 Å². The van der Waals surface area contributed by atoms with Gasteiger partial charge >= 0.3 is 0 Å². The van der Waals surface area contributed by atoms with Crippen molar-refractivity contribution >= 4 is 11.8 Å². The number of ether oxygens (including phenoxy) is 2. The number of hydrogen-bond acceptors (Lipinski definition) is 4. The lowest BCUT2D eigenvalue weighted by Crippen LogP contribution is -2.57. The molecule has 2 saturated heterocycles. The fourth-order valence-electron chi connectivity index (χ4n) is 8.61. The van der Waals surface area contributed by atoms with Gasteiger partial charge in [-0.2, -0.15) is 0 Å². The highest BCUT2D eigenvalue weighted by Crippen LogP contribution is 2.60. The first-order chi connectivity index (χ1) is 17.0. The Hall–Kier alpha value is -2.08. The summed E-state index contributed by atoms with van der Waals surface area (Å²) < 4.78 is 11.0. The predicted octanol–water partition coefficient (Wildman–Crippen LogP) is 4.07. The van der Waals surface area contributed by atoms with Gasteiger partial charge in [0.15, 0.2) is 0 Å². The van der Waals surface area contributed by atoms with Gasteiger partial charge in [0, 0.05) is 31.7 Å². The van der Waals surface area contributed by atoms with Crippen LogP contribution in [-0.2, 0) is 19.7 Å². The number of rotatable bonds is 6. The molecule has 1 N–H and O–H groups in total. The molecule has 6 heteroatoms. The average Bonchev–Trinajstić information content (AvgIpc) is 3.37. The molecule has 6 fully saturated rings. The van der Waals surface area contributed by atoms with Gasteiger partial charge < -0.3 is 19.7 Å². The van der Waals surface area contributed by atoms with E-state index in [9.17, 15) is 9.59 Å². The van der Waals surface area contributed by atoms with E-state index in [1.807, 2.05) is 17.0 Å². The SMILES string of the molecule is COc1ccc(C2(CNC(=O)C3CCCN3C(=O)C34CC5CC(CC(C5)C3)C4)CCOCC2)cc1. The Kier molecular flexibility index (Phi) is 6.06. The van der Waals surface area contributed by atoms with Crippen molar-refractivity contribution in [2.45, 2.75) is 75.7 Å². The van der Waals surface area contributed by atoms with Crippen molar-refractivity contribution in [3.05, 3.63) is 29.8 Å². The monoisotopic (exact) mass is 480 g/mol. The number of carbonyl (C=O) groups excluding carboxylic acids is 2. The molecule has 1 unspecified atom stereocenters. The maximum atomic E-state index is 14.0. The van der Waals surface area contributed by atoms with Gasteiger partial charge in [-0.3, -0.25) is 9.59 Å². The summed E-state index contributed by atoms with van der Waals surface area (Å²) in [6, 6.07) is 7.92. The lowest BCUT2D eigenvalue weighted by Gasteiger charge is -2.56. The molecular weight excluding hydrogens is 440 g/mol. The third-order valence-corrected chi connectivity index (χ3v) is 10.1. The smallest absolute Gasteiger partial charge is 0.242 e. The van der Waals surface area contributed by atoms with Crippen molar-refractivity contribution in [1.82, 2.24) is 10.2 Å². The fraction of sp³-hybridized carbons (Fsp3) is 0.724. The van der Waals surface area contributed by atoms with Gasteiger partial charge in [-0.25, -0.2) is 0 Å². The Morgan fingerprint density at radius 2 is 1.66 bits per heavy atom. The Morgan fingerprint density at radius 1 is 1.03 bits per heavy atom. The van der Waals surface area contributed by atoms with Gasteiger partial charge in [0.05, 0.1) is 12.5 Å². The third kappa shape index (κ3) is 4.16. The molecule has 4 bridgehead atoms. The molecule has 1 atom stereocenters. The minimum Gasteiger partial charge on any atom is -0.497 e. The van der Waals surface area contributed by atoms with E-state index in [-0.39, 0.29) is 22.8 Å². The lowest BCUT2D eigenvalue weighted by molar-refractivity contribution is -0.160. The van der Waals surface area contributed by atoms with Crippen LogP contribution in [-0.4, -0.2) is 56.2 Å². The second-order valence-corrected chi connectivity index (χ2v) is 12.2. The normalized spacial score (nSPS) is 35.2. The summed E-state index contributed by atoms with van der Waals surface area (Å²) in [7, 11) is 1.68. The van der Waals surface area contributed by atoms with Gasteiger partial charge in [0.1, 0.15) is 11.8 Å². The third-order valence-electron chi connectivity index (χ3n) is 10.1. The van der Waals surface area contributed by atoms with Crippen molar-refractivity contribution in [3.8, 4) is 5.75 Å².